The van der Waals surface area contributed by atoms with Gasteiger partial charge in [0.05, 0.1) is 0 Å². The highest BCUT2D eigenvalue weighted by Gasteiger charge is 2.53. The van der Waals surface area contributed by atoms with Gasteiger partial charge in [-0.15, -0.1) is 0 Å². The Bertz CT molecular complexity index is 7620. The molecule has 680 valence electrons. The van der Waals surface area contributed by atoms with E-state index in [4.69, 9.17) is 0 Å². The molecule has 18 aromatic carbocycles. The van der Waals surface area contributed by atoms with Crippen LogP contribution < -0.4 is 0 Å². The topological polar surface area (TPSA) is 0 Å². The van der Waals surface area contributed by atoms with Crippen LogP contribution in [0.15, 0.2) is 352 Å². The second-order valence-electron chi connectivity index (χ2n) is 47.1. The molecule has 0 heteroatoms. The predicted molar refractivity (Wildman–Crippen MR) is 592 cm³/mol. The minimum Gasteiger partial charge on any atom is -0.0765 e. The van der Waals surface area contributed by atoms with Gasteiger partial charge >= 0.3 is 0 Å². The van der Waals surface area contributed by atoms with E-state index in [9.17, 15) is 0 Å². The summed E-state index contributed by atoms with van der Waals surface area (Å²) in [5.41, 5.74) is 54.4. The van der Waals surface area contributed by atoms with Crippen LogP contribution in [0.2, 0.25) is 0 Å². The van der Waals surface area contributed by atoms with Gasteiger partial charge in [0, 0.05) is 23.0 Å². The zero-order chi connectivity index (χ0) is 96.7. The molecule has 26 rings (SSSR count). The maximum atomic E-state index is 4.16. The maximum absolute atomic E-state index is 4.16. The highest BCUT2D eigenvalue weighted by Crippen LogP contribution is 2.69. The van der Waals surface area contributed by atoms with E-state index in [0.717, 1.165) is 33.4 Å². The molecule has 18 aromatic rings. The van der Waals surface area contributed by atoms with Crippen molar-refractivity contribution in [2.75, 3.05) is 0 Å². The Balaban J connectivity index is 0.832. The van der Waals surface area contributed by atoms with E-state index in [0.29, 0.717) is 0 Å². The lowest BCUT2D eigenvalue weighted by molar-refractivity contribution is 0.568. The van der Waals surface area contributed by atoms with E-state index in [1.54, 1.807) is 0 Å². The van der Waals surface area contributed by atoms with E-state index in [-0.39, 0.29) is 44.3 Å². The van der Waals surface area contributed by atoms with Crippen LogP contribution in [-0.2, 0) is 43.3 Å². The average Bonchev–Trinajstić information content (AvgIpc) is 1.28. The SMILES string of the molecule is Cc1ccc(-c2c(-c3ccc(C)cc3)c(-c3ccc(C#CC45c6ccccc6C(c6ccccc64)c4ccccc45)cc3)c3c(c2-c2ccc(C#CC45c6ccccc6C(c6ccccc64)c4ccccc45)cc2)-c2ccc4c5c(ccc-3c25)-c2c(-c3cc(C(C)(C)C)cc(C(C)(C)C)c3)c(-c3ccc(C(C)(C)C)cc3)c(-c3ccc(C(C)(C)C)cc3)c(-c3cc(C(C)(C)C)cc(C(C)(C)C)c3)c2-4)cc1. The van der Waals surface area contributed by atoms with Crippen molar-refractivity contribution < 1.29 is 0 Å². The van der Waals surface area contributed by atoms with Crippen molar-refractivity contribution in [3.05, 3.63) is 474 Å². The Hall–Kier alpha value is -14.7. The summed E-state index contributed by atoms with van der Waals surface area (Å²) >= 11 is 0. The van der Waals surface area contributed by atoms with E-state index in [2.05, 4.69) is 514 Å². The molecule has 4 bridgehead atoms. The second kappa shape index (κ2) is 31.4. The monoisotopic (exact) mass is 1800 g/mol. The third-order valence-electron chi connectivity index (χ3n) is 32.1. The lowest BCUT2D eigenvalue weighted by Crippen LogP contribution is -2.41. The lowest BCUT2D eigenvalue weighted by Gasteiger charge is -2.48. The van der Waals surface area contributed by atoms with Gasteiger partial charge < -0.3 is 0 Å². The predicted octanol–water partition coefficient (Wildman–Crippen LogP) is 36.3. The minimum atomic E-state index is -0.692. The number of rotatable bonds is 8. The van der Waals surface area contributed by atoms with Gasteiger partial charge in [-0.3, -0.25) is 0 Å². The van der Waals surface area contributed by atoms with Crippen LogP contribution in [-0.4, -0.2) is 0 Å². The van der Waals surface area contributed by atoms with Gasteiger partial charge in [-0.1, -0.05) is 487 Å². The van der Waals surface area contributed by atoms with Crippen LogP contribution in [0.3, 0.4) is 0 Å². The summed E-state index contributed by atoms with van der Waals surface area (Å²) in [6.07, 6.45) is 0. The van der Waals surface area contributed by atoms with Crippen LogP contribution in [0.1, 0.15) is 259 Å². The fourth-order valence-electron chi connectivity index (χ4n) is 24.8. The van der Waals surface area contributed by atoms with Crippen molar-refractivity contribution in [1.82, 2.24) is 0 Å². The van der Waals surface area contributed by atoms with Gasteiger partial charge in [-0.25, -0.2) is 0 Å². The van der Waals surface area contributed by atoms with Crippen molar-refractivity contribution in [3.8, 4) is 157 Å². The maximum Gasteiger partial charge on any atom is 0.107 e. The largest absolute Gasteiger partial charge is 0.107 e. The Morgan fingerprint density at radius 3 is 0.600 bits per heavy atom. The number of hydrogen-bond donors (Lipinski definition) is 0. The first-order chi connectivity index (χ1) is 67.0. The summed E-state index contributed by atoms with van der Waals surface area (Å²) in [5, 5.41) is 2.54. The number of fused-ring (bicyclic) bond motifs is 6. The molecule has 0 heterocycles. The summed E-state index contributed by atoms with van der Waals surface area (Å²) in [6.45, 7) is 47.4. The van der Waals surface area contributed by atoms with Crippen LogP contribution in [0.4, 0.5) is 0 Å². The molecule has 0 aromatic heterocycles. The normalized spacial score (nSPS) is 16.4. The molecule has 0 radical (unpaired) electrons. The molecule has 0 fully saturated rings. The summed E-state index contributed by atoms with van der Waals surface area (Å²) in [7, 11) is 0. The van der Waals surface area contributed by atoms with Crippen molar-refractivity contribution in [1.29, 1.82) is 0 Å². The first kappa shape index (κ1) is 88.1. The van der Waals surface area contributed by atoms with Gasteiger partial charge in [0.1, 0.15) is 10.8 Å². The van der Waals surface area contributed by atoms with Gasteiger partial charge in [0.15, 0.2) is 0 Å². The molecule has 0 nitrogen and oxygen atoms in total. The molecule has 0 amide bonds. The zero-order valence-electron chi connectivity index (χ0n) is 84.6. The molecule has 0 unspecified atom stereocenters. The number of aryl methyl sites for hydroxylation is 2. The second-order valence-corrected chi connectivity index (χ2v) is 47.1. The van der Waals surface area contributed by atoms with Gasteiger partial charge in [-0.2, -0.15) is 0 Å². The zero-order valence-corrected chi connectivity index (χ0v) is 84.6. The van der Waals surface area contributed by atoms with Gasteiger partial charge in [0.2, 0.25) is 0 Å². The minimum absolute atomic E-state index is 0.0997. The number of hydrogen-bond acceptors (Lipinski definition) is 0. The van der Waals surface area contributed by atoms with E-state index in [1.807, 2.05) is 0 Å². The van der Waals surface area contributed by atoms with Crippen LogP contribution in [0.5, 0.6) is 0 Å². The smallest absolute Gasteiger partial charge is 0.0765 e. The molecule has 140 heavy (non-hydrogen) atoms. The Morgan fingerprint density at radius 1 is 0.186 bits per heavy atom. The van der Waals surface area contributed by atoms with Crippen molar-refractivity contribution >= 4 is 10.8 Å². The molecule has 0 spiro atoms. The lowest BCUT2D eigenvalue weighted by atomic mass is 9.53. The van der Waals surface area contributed by atoms with Crippen LogP contribution in [0, 0.1) is 37.5 Å². The molecule has 0 atom stereocenters. The quantitative estimate of drug-likeness (QED) is 0.133. The molecule has 0 N–H and O–H groups in total. The molecule has 8 aliphatic rings. The summed E-state index contributed by atoms with van der Waals surface area (Å²) in [4.78, 5) is 0. The fourth-order valence-corrected chi connectivity index (χ4v) is 24.8. The third-order valence-corrected chi connectivity index (χ3v) is 32.1. The highest BCUT2D eigenvalue weighted by atomic mass is 14.5. The molecule has 0 aliphatic heterocycles. The summed E-state index contributed by atoms with van der Waals surface area (Å²) in [5.74, 6) is 16.5. The molecule has 8 aliphatic carbocycles. The Kier molecular flexibility index (Phi) is 19.8. The first-order valence-corrected chi connectivity index (χ1v) is 50.7. The summed E-state index contributed by atoms with van der Waals surface area (Å²) in [6, 6.07) is 138. The molecule has 0 saturated carbocycles. The molecule has 0 saturated heterocycles. The average molecular weight is 1800 g/mol. The van der Waals surface area contributed by atoms with Crippen LogP contribution in [0.25, 0.3) is 144 Å². The van der Waals surface area contributed by atoms with E-state index in [1.165, 1.54) is 233 Å². The Morgan fingerprint density at radius 2 is 0.379 bits per heavy atom. The van der Waals surface area contributed by atoms with Crippen molar-refractivity contribution in [2.24, 2.45) is 0 Å². The van der Waals surface area contributed by atoms with E-state index < -0.39 is 10.8 Å². The summed E-state index contributed by atoms with van der Waals surface area (Å²) < 4.78 is 0. The van der Waals surface area contributed by atoms with Crippen molar-refractivity contribution in [2.45, 2.75) is 194 Å². The fraction of sp³-hybridized carbons (Fsp3) is 0.214. The standard InChI is InChI=1S/C140H120/c1-83-45-53-87(54-46-83)117-118(88-55-47-84(2)48-56-88)122(90-59-51-86(52-60-90)74-76-140-114-42-30-24-36-104(114)126(105-37-25-31-43-115(105)140)106-38-26-32-44-116(106)140)130-108-70-72-110-128-109(71-69-107(127(108)128)129(130)121(117)89-57-49-85(50-58-89)73-75-139-111-39-27-21-33-101(111)125(102-34-22-28-40-112(102)139)103-35-23-29-41-113(103)139)131-123(93-77-97(135(9,10)11)81-98(78-93)136(12,13)14)119(91-61-65-95(66-62-91)133(3,4)5)120(92-63-67-96(68-64-92)134(6,7)8)124(132(110)131)94-79-99(137(15,16)17)82-100(80-94)138(18,19)20/h21-72,77-82,125-126H,1-20H3. The van der Waals surface area contributed by atoms with E-state index >= 15 is 0 Å². The molecular weight excluding hydrogens is 1680 g/mol. The highest BCUT2D eigenvalue weighted by molar-refractivity contribution is 6.34. The van der Waals surface area contributed by atoms with Gasteiger partial charge in [-0.05, 0) is 315 Å². The number of benzene rings is 18. The van der Waals surface area contributed by atoms with Crippen molar-refractivity contribution in [3.63, 3.8) is 0 Å². The van der Waals surface area contributed by atoms with Gasteiger partial charge in [0.25, 0.3) is 0 Å². The Labute approximate surface area is 829 Å². The van der Waals surface area contributed by atoms with Crippen LogP contribution >= 0.6 is 0 Å². The third kappa shape index (κ3) is 13.5. The first-order valence-electron chi connectivity index (χ1n) is 50.7. The molecular formula is C140H120.